The molecule has 5 N–H and O–H groups in total. The normalized spacial score (nSPS) is 16.9. The Hall–Kier alpha value is -7.14. The van der Waals surface area contributed by atoms with E-state index >= 15 is 0 Å². The first-order chi connectivity index (χ1) is 33.6. The smallest absolute Gasteiger partial charge is 0.416 e. The molecule has 0 bridgehead atoms. The van der Waals surface area contributed by atoms with Crippen LogP contribution >= 0.6 is 0 Å². The van der Waals surface area contributed by atoms with Crippen LogP contribution in [0.3, 0.4) is 0 Å². The van der Waals surface area contributed by atoms with Crippen molar-refractivity contribution >= 4 is 46.9 Å². The number of ether oxygens (including phenoxy) is 3. The number of nitrogens with one attached hydrogen (secondary N) is 4. The van der Waals surface area contributed by atoms with Crippen LogP contribution in [0, 0.1) is 5.92 Å². The van der Waals surface area contributed by atoms with Crippen molar-refractivity contribution in [2.24, 2.45) is 5.92 Å². The number of pyridine rings is 1. The van der Waals surface area contributed by atoms with E-state index in [4.69, 9.17) is 18.6 Å². The van der Waals surface area contributed by atoms with Crippen LogP contribution in [0.4, 0.5) is 30.8 Å². The molecule has 2 atom stereocenters. The summed E-state index contributed by atoms with van der Waals surface area (Å²) in [5.41, 5.74) is 1.34. The number of alkyl halides is 2. The summed E-state index contributed by atoms with van der Waals surface area (Å²) in [5.74, 6) is -1.56. The van der Waals surface area contributed by atoms with Crippen LogP contribution in [0.5, 0.6) is 0 Å². The SMILES string of the molecule is CC(C)(C)OC(=O)N(CC1CC1)c1cc(-c2nc(C(=O)Nc3cn(-c4ccc(CNCCOCCOCCNc5cccc6c5C(O)N(C5CCC(=O)NC5=O)C6=O)cc4)nc3C(F)F)co2)ccn1. The zero-order valence-corrected chi connectivity index (χ0v) is 38.8. The summed E-state index contributed by atoms with van der Waals surface area (Å²) < 4.78 is 52.2. The van der Waals surface area contributed by atoms with Crippen molar-refractivity contribution in [2.75, 3.05) is 61.6 Å². The van der Waals surface area contributed by atoms with Gasteiger partial charge in [0.1, 0.15) is 23.7 Å². The van der Waals surface area contributed by atoms with Crippen molar-refractivity contribution in [2.45, 2.75) is 77.3 Å². The molecule has 5 amide bonds. The van der Waals surface area contributed by atoms with E-state index in [0.717, 1.165) is 29.6 Å². The van der Waals surface area contributed by atoms with Gasteiger partial charge >= 0.3 is 6.09 Å². The van der Waals surface area contributed by atoms with Crippen LogP contribution in [0.2, 0.25) is 0 Å². The number of amides is 5. The number of aliphatic hydroxyl groups is 1. The quantitative estimate of drug-likeness (QED) is 0.0434. The number of benzene rings is 2. The monoisotopic (exact) mass is 968 g/mol. The summed E-state index contributed by atoms with van der Waals surface area (Å²) in [7, 11) is 0. The number of carbonyl (C=O) groups is 5. The number of nitrogens with zero attached hydrogens (tertiary/aromatic N) is 6. The summed E-state index contributed by atoms with van der Waals surface area (Å²) in [6.45, 7) is 8.63. The largest absolute Gasteiger partial charge is 0.444 e. The van der Waals surface area contributed by atoms with E-state index < -0.39 is 59.7 Å². The van der Waals surface area contributed by atoms with Gasteiger partial charge < -0.3 is 39.7 Å². The highest BCUT2D eigenvalue weighted by molar-refractivity contribution is 6.06. The number of hydrogen-bond acceptors (Lipinski definition) is 15. The van der Waals surface area contributed by atoms with Gasteiger partial charge in [-0.3, -0.25) is 34.3 Å². The van der Waals surface area contributed by atoms with Gasteiger partial charge in [0.2, 0.25) is 17.7 Å². The minimum atomic E-state index is -2.99. The summed E-state index contributed by atoms with van der Waals surface area (Å²) in [6, 6.07) is 14.4. The molecule has 2 unspecified atom stereocenters. The topological polar surface area (TPSA) is 245 Å². The lowest BCUT2D eigenvalue weighted by Crippen LogP contribution is -2.53. The lowest BCUT2D eigenvalue weighted by Gasteiger charge is -2.32. The number of aromatic nitrogens is 4. The second-order valence-corrected chi connectivity index (χ2v) is 17.9. The van der Waals surface area contributed by atoms with Crippen LogP contribution in [0.1, 0.15) is 96.8 Å². The van der Waals surface area contributed by atoms with E-state index in [9.17, 15) is 37.9 Å². The Morgan fingerprint density at radius 1 is 0.986 bits per heavy atom. The fourth-order valence-corrected chi connectivity index (χ4v) is 7.87. The number of anilines is 3. The van der Waals surface area contributed by atoms with E-state index in [1.165, 1.54) is 22.0 Å². The Labute approximate surface area is 401 Å². The van der Waals surface area contributed by atoms with Crippen LogP contribution < -0.4 is 26.2 Å². The molecular weight excluding hydrogens is 915 g/mol. The first-order valence-corrected chi connectivity index (χ1v) is 22.9. The minimum Gasteiger partial charge on any atom is -0.444 e. The van der Waals surface area contributed by atoms with Crippen LogP contribution in [0.15, 0.2) is 77.7 Å². The Morgan fingerprint density at radius 2 is 1.74 bits per heavy atom. The number of hydrogen-bond donors (Lipinski definition) is 5. The maximum atomic E-state index is 14.2. The number of rotatable bonds is 21. The van der Waals surface area contributed by atoms with Crippen molar-refractivity contribution in [3.05, 3.63) is 101 Å². The van der Waals surface area contributed by atoms with Gasteiger partial charge in [-0.25, -0.2) is 28.2 Å². The molecule has 0 spiro atoms. The fraction of sp³-hybridized carbons (Fsp3) is 0.417. The number of halogens is 2. The first kappa shape index (κ1) is 49.3. The third-order valence-electron chi connectivity index (χ3n) is 11.5. The highest BCUT2D eigenvalue weighted by atomic mass is 19.3. The molecule has 1 saturated heterocycles. The van der Waals surface area contributed by atoms with Crippen LogP contribution in [-0.2, 0) is 30.3 Å². The van der Waals surface area contributed by atoms with E-state index in [2.05, 4.69) is 36.3 Å². The molecule has 3 aromatic heterocycles. The van der Waals surface area contributed by atoms with Crippen molar-refractivity contribution in [1.82, 2.24) is 35.3 Å². The lowest BCUT2D eigenvalue weighted by molar-refractivity contribution is -0.139. The third-order valence-corrected chi connectivity index (χ3v) is 11.5. The molecule has 370 valence electrons. The Balaban J connectivity index is 0.751. The summed E-state index contributed by atoms with van der Waals surface area (Å²) in [4.78, 5) is 74.8. The molecule has 5 aromatic rings. The van der Waals surface area contributed by atoms with Gasteiger partial charge in [-0.05, 0) is 87.9 Å². The second kappa shape index (κ2) is 21.7. The van der Waals surface area contributed by atoms with Crippen molar-refractivity contribution in [1.29, 1.82) is 0 Å². The molecule has 3 aliphatic rings. The molecule has 20 nitrogen and oxygen atoms in total. The lowest BCUT2D eigenvalue weighted by atomic mass is 10.0. The summed E-state index contributed by atoms with van der Waals surface area (Å²) in [5, 5.41) is 26.3. The van der Waals surface area contributed by atoms with Crippen molar-refractivity contribution in [3.63, 3.8) is 0 Å². The number of aliphatic hydroxyl groups excluding tert-OH is 1. The maximum Gasteiger partial charge on any atom is 0.416 e. The molecule has 5 heterocycles. The van der Waals surface area contributed by atoms with E-state index in [1.807, 2.05) is 12.1 Å². The van der Waals surface area contributed by atoms with Gasteiger partial charge in [-0.2, -0.15) is 5.10 Å². The third kappa shape index (κ3) is 12.0. The first-order valence-electron chi connectivity index (χ1n) is 22.9. The molecule has 70 heavy (non-hydrogen) atoms. The Morgan fingerprint density at radius 3 is 2.46 bits per heavy atom. The number of oxazole rings is 1. The van der Waals surface area contributed by atoms with Gasteiger partial charge in [-0.15, -0.1) is 0 Å². The molecule has 22 heteroatoms. The van der Waals surface area contributed by atoms with Gasteiger partial charge in [-0.1, -0.05) is 18.2 Å². The van der Waals surface area contributed by atoms with Gasteiger partial charge in [0.05, 0.1) is 44.0 Å². The fourth-order valence-electron chi connectivity index (χ4n) is 7.87. The van der Waals surface area contributed by atoms with Gasteiger partial charge in [0, 0.05) is 61.2 Å². The second-order valence-electron chi connectivity index (χ2n) is 17.9. The molecule has 0 radical (unpaired) electrons. The molecule has 2 aromatic carbocycles. The van der Waals surface area contributed by atoms with Crippen LogP contribution in [-0.4, -0.2) is 117 Å². The molecular formula is C48H54F2N10O10. The number of fused-ring (bicyclic) bond motifs is 1. The maximum absolute atomic E-state index is 14.2. The number of piperidine rings is 1. The zero-order chi connectivity index (χ0) is 49.5. The molecule has 8 rings (SSSR count). The van der Waals surface area contributed by atoms with E-state index in [1.54, 1.807) is 63.2 Å². The van der Waals surface area contributed by atoms with Crippen LogP contribution in [0.25, 0.3) is 17.1 Å². The molecule has 1 saturated carbocycles. The van der Waals surface area contributed by atoms with E-state index in [-0.39, 0.29) is 35.7 Å². The highest BCUT2D eigenvalue weighted by Gasteiger charge is 2.45. The minimum absolute atomic E-state index is 0.0600. The van der Waals surface area contributed by atoms with Gasteiger partial charge in [0.15, 0.2) is 17.6 Å². The van der Waals surface area contributed by atoms with Gasteiger partial charge in [0.25, 0.3) is 18.2 Å². The average Bonchev–Trinajstić information content (AvgIpc) is 3.71. The average molecular weight is 969 g/mol. The predicted molar refractivity (Wildman–Crippen MR) is 248 cm³/mol. The highest BCUT2D eigenvalue weighted by Crippen LogP contribution is 2.39. The number of imide groups is 1. The molecule has 1 aliphatic carbocycles. The zero-order valence-electron chi connectivity index (χ0n) is 38.8. The number of carbonyl (C=O) groups excluding carboxylic acids is 5. The summed E-state index contributed by atoms with van der Waals surface area (Å²) in [6.07, 6.45) is 1.24. The Kier molecular flexibility index (Phi) is 15.2. The molecule has 2 fully saturated rings. The van der Waals surface area contributed by atoms with Crippen molar-refractivity contribution < 1.29 is 56.5 Å². The Bertz CT molecular complexity index is 2700. The standard InChI is InChI=1S/C48H54F2N10O10/c1-48(2,3)70-47(66)58(25-29-7-8-29)37-23-30(15-16-53-37)44-55-35(27-69-44)42(62)54-34-26-59(57-40(34)41(49)50)31-11-9-28(10-12-31)24-51-17-19-67-21-22-68-20-18-52-33-6-4-5-32-39(33)46(65)60(45(32)64)36-13-14-38(61)56-43(36)63/h4-6,9-12,15-16,23,26-27,29,36,41,46,51-52,65H,7-8,13-14,17-22,24-25H2,1-3H3,(H,54,62)(H,56,61,63). The predicted octanol–water partition coefficient (Wildman–Crippen LogP) is 5.75. The summed E-state index contributed by atoms with van der Waals surface area (Å²) >= 11 is 0. The van der Waals surface area contributed by atoms with E-state index in [0.29, 0.717) is 86.8 Å². The molecule has 2 aliphatic heterocycles. The van der Waals surface area contributed by atoms with Crippen molar-refractivity contribution in [3.8, 4) is 17.1 Å².